The second-order valence-corrected chi connectivity index (χ2v) is 3.81. The standard InChI is InChI=1S/C11H13FO2/c1-14-10-6-11(13,7-10)8-3-2-4-9(12)5-8/h2-5,10,13H,6-7H2,1H3. The number of benzene rings is 1. The number of ether oxygens (including phenoxy) is 1. The zero-order chi connectivity index (χ0) is 10.2. The third-order valence-corrected chi connectivity index (χ3v) is 2.83. The van der Waals surface area contributed by atoms with E-state index in [1.54, 1.807) is 19.2 Å². The van der Waals surface area contributed by atoms with Gasteiger partial charge in [0.2, 0.25) is 0 Å². The topological polar surface area (TPSA) is 29.5 Å². The molecule has 1 N–H and O–H groups in total. The summed E-state index contributed by atoms with van der Waals surface area (Å²) in [4.78, 5) is 0. The van der Waals surface area contributed by atoms with Crippen molar-refractivity contribution < 1.29 is 14.2 Å². The molecule has 2 nitrogen and oxygen atoms in total. The molecule has 0 unspecified atom stereocenters. The summed E-state index contributed by atoms with van der Waals surface area (Å²) in [5.74, 6) is -0.309. The Labute approximate surface area is 82.3 Å². The van der Waals surface area contributed by atoms with E-state index >= 15 is 0 Å². The highest BCUT2D eigenvalue weighted by Gasteiger charge is 2.44. The van der Waals surface area contributed by atoms with Gasteiger partial charge in [-0.3, -0.25) is 0 Å². The minimum Gasteiger partial charge on any atom is -0.385 e. The second-order valence-electron chi connectivity index (χ2n) is 3.81. The fourth-order valence-electron chi connectivity index (χ4n) is 1.87. The van der Waals surface area contributed by atoms with Gasteiger partial charge in [0.15, 0.2) is 0 Å². The van der Waals surface area contributed by atoms with Crippen molar-refractivity contribution in [3.05, 3.63) is 35.6 Å². The smallest absolute Gasteiger partial charge is 0.123 e. The Kier molecular flexibility index (Phi) is 2.29. The Morgan fingerprint density at radius 1 is 1.50 bits per heavy atom. The fraction of sp³-hybridized carbons (Fsp3) is 0.455. The first-order valence-electron chi connectivity index (χ1n) is 4.65. The lowest BCUT2D eigenvalue weighted by Gasteiger charge is -2.43. The van der Waals surface area contributed by atoms with Crippen LogP contribution < -0.4 is 0 Å². The summed E-state index contributed by atoms with van der Waals surface area (Å²) >= 11 is 0. The molecule has 1 aliphatic carbocycles. The lowest BCUT2D eigenvalue weighted by molar-refractivity contribution is -0.133. The van der Waals surface area contributed by atoms with Gasteiger partial charge in [-0.15, -0.1) is 0 Å². The molecule has 1 aromatic carbocycles. The van der Waals surface area contributed by atoms with E-state index in [2.05, 4.69) is 0 Å². The van der Waals surface area contributed by atoms with E-state index in [1.165, 1.54) is 12.1 Å². The SMILES string of the molecule is COC1CC(O)(c2cccc(F)c2)C1. The van der Waals surface area contributed by atoms with Crippen LogP contribution in [0.25, 0.3) is 0 Å². The Balaban J connectivity index is 2.16. The monoisotopic (exact) mass is 196 g/mol. The van der Waals surface area contributed by atoms with Crippen LogP contribution in [-0.4, -0.2) is 18.3 Å². The zero-order valence-corrected chi connectivity index (χ0v) is 8.03. The minimum atomic E-state index is -0.886. The molecule has 3 heteroatoms. The largest absolute Gasteiger partial charge is 0.385 e. The summed E-state index contributed by atoms with van der Waals surface area (Å²) in [6.07, 6.45) is 1.20. The van der Waals surface area contributed by atoms with Crippen LogP contribution in [-0.2, 0) is 10.3 Å². The highest BCUT2D eigenvalue weighted by Crippen LogP contribution is 2.42. The van der Waals surface area contributed by atoms with E-state index in [0.29, 0.717) is 18.4 Å². The molecule has 0 saturated heterocycles. The molecular formula is C11H13FO2. The number of halogens is 1. The first-order valence-corrected chi connectivity index (χ1v) is 4.65. The van der Waals surface area contributed by atoms with Crippen molar-refractivity contribution in [2.24, 2.45) is 0 Å². The van der Waals surface area contributed by atoms with Crippen LogP contribution in [0.4, 0.5) is 4.39 Å². The Morgan fingerprint density at radius 2 is 2.21 bits per heavy atom. The molecule has 0 heterocycles. The molecule has 0 aliphatic heterocycles. The number of rotatable bonds is 2. The molecule has 0 spiro atoms. The lowest BCUT2D eigenvalue weighted by atomic mass is 9.73. The van der Waals surface area contributed by atoms with E-state index in [0.717, 1.165) is 0 Å². The fourth-order valence-corrected chi connectivity index (χ4v) is 1.87. The summed E-state index contributed by atoms with van der Waals surface area (Å²) < 4.78 is 18.0. The molecule has 0 atom stereocenters. The predicted molar refractivity (Wildman–Crippen MR) is 50.3 cm³/mol. The molecule has 0 radical (unpaired) electrons. The van der Waals surface area contributed by atoms with E-state index in [-0.39, 0.29) is 11.9 Å². The summed E-state index contributed by atoms with van der Waals surface area (Å²) in [6.45, 7) is 0. The molecule has 1 fully saturated rings. The Hall–Kier alpha value is -0.930. The highest BCUT2D eigenvalue weighted by atomic mass is 19.1. The van der Waals surface area contributed by atoms with Gasteiger partial charge >= 0.3 is 0 Å². The average Bonchev–Trinajstić information content (AvgIpc) is 2.13. The number of hydrogen-bond donors (Lipinski definition) is 1. The van der Waals surface area contributed by atoms with Crippen LogP contribution in [0.15, 0.2) is 24.3 Å². The van der Waals surface area contributed by atoms with E-state index in [1.807, 2.05) is 0 Å². The van der Waals surface area contributed by atoms with Gasteiger partial charge in [-0.1, -0.05) is 12.1 Å². The van der Waals surface area contributed by atoms with Gasteiger partial charge in [0.1, 0.15) is 5.82 Å². The molecule has 1 aliphatic rings. The number of aliphatic hydroxyl groups is 1. The molecule has 0 aromatic heterocycles. The van der Waals surface area contributed by atoms with Crippen molar-refractivity contribution in [1.82, 2.24) is 0 Å². The van der Waals surface area contributed by atoms with Gasteiger partial charge in [-0.05, 0) is 17.7 Å². The molecule has 0 amide bonds. The van der Waals surface area contributed by atoms with Gasteiger partial charge in [-0.25, -0.2) is 4.39 Å². The van der Waals surface area contributed by atoms with Crippen LogP contribution in [0.3, 0.4) is 0 Å². The van der Waals surface area contributed by atoms with Gasteiger partial charge in [0.25, 0.3) is 0 Å². The van der Waals surface area contributed by atoms with Gasteiger partial charge in [0.05, 0.1) is 11.7 Å². The first-order chi connectivity index (χ1) is 6.64. The highest BCUT2D eigenvalue weighted by molar-refractivity contribution is 5.26. The third kappa shape index (κ3) is 1.53. The van der Waals surface area contributed by atoms with Crippen molar-refractivity contribution in [3.63, 3.8) is 0 Å². The van der Waals surface area contributed by atoms with Crippen LogP contribution in [0.5, 0.6) is 0 Å². The number of methoxy groups -OCH3 is 1. The summed E-state index contributed by atoms with van der Waals surface area (Å²) in [5, 5.41) is 10.1. The van der Waals surface area contributed by atoms with E-state index < -0.39 is 5.60 Å². The van der Waals surface area contributed by atoms with Crippen molar-refractivity contribution in [3.8, 4) is 0 Å². The van der Waals surface area contributed by atoms with E-state index in [9.17, 15) is 9.50 Å². The molecule has 2 rings (SSSR count). The average molecular weight is 196 g/mol. The molecule has 1 saturated carbocycles. The van der Waals surface area contributed by atoms with Crippen LogP contribution in [0, 0.1) is 5.82 Å². The summed E-state index contributed by atoms with van der Waals surface area (Å²) in [7, 11) is 1.62. The van der Waals surface area contributed by atoms with Gasteiger partial charge < -0.3 is 9.84 Å². The third-order valence-electron chi connectivity index (χ3n) is 2.83. The van der Waals surface area contributed by atoms with Crippen molar-refractivity contribution >= 4 is 0 Å². The molecule has 1 aromatic rings. The van der Waals surface area contributed by atoms with Crippen LogP contribution in [0.1, 0.15) is 18.4 Å². The Bertz CT molecular complexity index is 332. The molecule has 0 bridgehead atoms. The maximum atomic E-state index is 12.9. The van der Waals surface area contributed by atoms with Gasteiger partial charge in [0, 0.05) is 20.0 Å². The van der Waals surface area contributed by atoms with Crippen molar-refractivity contribution in [1.29, 1.82) is 0 Å². The van der Waals surface area contributed by atoms with Crippen LogP contribution in [0.2, 0.25) is 0 Å². The molecule has 14 heavy (non-hydrogen) atoms. The predicted octanol–water partition coefficient (Wildman–Crippen LogP) is 1.82. The zero-order valence-electron chi connectivity index (χ0n) is 8.03. The Morgan fingerprint density at radius 3 is 2.79 bits per heavy atom. The van der Waals surface area contributed by atoms with E-state index in [4.69, 9.17) is 4.74 Å². The maximum absolute atomic E-state index is 12.9. The summed E-state index contributed by atoms with van der Waals surface area (Å²) in [6, 6.07) is 6.11. The first kappa shape index (κ1) is 9.62. The van der Waals surface area contributed by atoms with Crippen LogP contribution >= 0.6 is 0 Å². The number of hydrogen-bond acceptors (Lipinski definition) is 2. The van der Waals surface area contributed by atoms with Gasteiger partial charge in [-0.2, -0.15) is 0 Å². The normalized spacial score (nSPS) is 31.2. The molecular weight excluding hydrogens is 183 g/mol. The second kappa shape index (κ2) is 3.33. The maximum Gasteiger partial charge on any atom is 0.123 e. The minimum absolute atomic E-state index is 0.100. The summed E-state index contributed by atoms with van der Waals surface area (Å²) in [5.41, 5.74) is -0.242. The lowest BCUT2D eigenvalue weighted by Crippen LogP contribution is -2.45. The van der Waals surface area contributed by atoms with Crippen molar-refractivity contribution in [2.75, 3.05) is 7.11 Å². The van der Waals surface area contributed by atoms with Crippen molar-refractivity contribution in [2.45, 2.75) is 24.5 Å². The molecule has 76 valence electrons. The quantitative estimate of drug-likeness (QED) is 0.781.